The summed E-state index contributed by atoms with van der Waals surface area (Å²) in [6.07, 6.45) is 20.4. The van der Waals surface area contributed by atoms with Gasteiger partial charge >= 0.3 is 12.2 Å². The molecule has 86 heavy (non-hydrogen) atoms. The molecule has 22 atom stereocenters. The molecule has 4 saturated heterocycles. The van der Waals surface area contributed by atoms with Gasteiger partial charge in [-0.2, -0.15) is 8.42 Å². The van der Waals surface area contributed by atoms with Crippen LogP contribution in [0.1, 0.15) is 182 Å². The fourth-order valence-electron chi connectivity index (χ4n) is 22.3. The molecule has 2 amide bonds. The lowest BCUT2D eigenvalue weighted by Crippen LogP contribution is -2.54. The minimum atomic E-state index is -3.43. The summed E-state index contributed by atoms with van der Waals surface area (Å²) in [5.41, 5.74) is 17.3. The van der Waals surface area contributed by atoms with Gasteiger partial charge in [0.25, 0.3) is 10.1 Å². The van der Waals surface area contributed by atoms with Crippen LogP contribution in [0.4, 0.5) is 9.59 Å². The number of allylic oxidation sites excluding steroid dienone is 2. The zero-order valence-electron chi connectivity index (χ0n) is 53.0. The molecular formula is C71H99N5O9S. The van der Waals surface area contributed by atoms with Crippen molar-refractivity contribution in [3.8, 4) is 0 Å². The number of ether oxygens (including phenoxy) is 4. The molecule has 0 bridgehead atoms. The molecule has 4 aliphatic heterocycles. The van der Waals surface area contributed by atoms with Crippen LogP contribution < -0.4 is 0 Å². The average molecular weight is 1200 g/mol. The molecule has 2 aromatic carbocycles. The molecule has 0 N–H and O–H groups in total. The van der Waals surface area contributed by atoms with Gasteiger partial charge in [-0.3, -0.25) is 4.18 Å². The van der Waals surface area contributed by atoms with Crippen molar-refractivity contribution in [3.05, 3.63) is 105 Å². The Balaban J connectivity index is 0.000000160. The highest BCUT2D eigenvalue weighted by Crippen LogP contribution is 2.69. The van der Waals surface area contributed by atoms with Gasteiger partial charge in [-0.1, -0.05) is 118 Å². The Kier molecular flexibility index (Phi) is 16.3. The zero-order valence-corrected chi connectivity index (χ0v) is 53.9. The summed E-state index contributed by atoms with van der Waals surface area (Å²) in [6, 6.07) is 20.1. The van der Waals surface area contributed by atoms with Gasteiger partial charge in [0.1, 0.15) is 13.2 Å². The highest BCUT2D eigenvalue weighted by Gasteiger charge is 2.66. The molecule has 6 saturated carbocycles. The maximum atomic E-state index is 13.6. The van der Waals surface area contributed by atoms with Gasteiger partial charge < -0.3 is 28.7 Å². The Hall–Kier alpha value is -4.40. The highest BCUT2D eigenvalue weighted by molar-refractivity contribution is 7.86. The Morgan fingerprint density at radius 2 is 1.08 bits per heavy atom. The van der Waals surface area contributed by atoms with Crippen molar-refractivity contribution in [1.82, 2.24) is 9.80 Å². The first-order valence-electron chi connectivity index (χ1n) is 33.8. The molecule has 8 aliphatic carbocycles. The number of amides is 2. The van der Waals surface area contributed by atoms with Crippen molar-refractivity contribution in [2.75, 3.05) is 19.3 Å². The number of rotatable bonds is 7. The van der Waals surface area contributed by atoms with E-state index in [2.05, 4.69) is 65.4 Å². The van der Waals surface area contributed by atoms with E-state index in [0.717, 1.165) is 100 Å². The van der Waals surface area contributed by atoms with Crippen molar-refractivity contribution in [3.63, 3.8) is 0 Å². The van der Waals surface area contributed by atoms with E-state index >= 15 is 0 Å². The SMILES string of the molecule is CC1=C2C[C@H]3C(CC[C@@H]4CC(N=[N+]=[N-])CC[C@@]43C)[C@@H]2CC[C@]12O[C@@H]1C[C@H](C)CN(C(=O)OCc3ccccc3)[C@H]1[C@H]2C.CC1=C2C[C@H]3C(CC[C@@H]4C[C@@H](OS(C)(=O)=O)CC[C@@]43C)[C@@H]2CC[C@]12O[C@@H]1C[C@H](C)CN(C(=O)OCc3ccccc3)[C@H]1[C@H]2C. The number of likely N-dealkylation sites (tertiary alicyclic amines) is 2. The van der Waals surface area contributed by atoms with E-state index in [1.807, 2.05) is 70.5 Å². The van der Waals surface area contributed by atoms with Gasteiger partial charge in [-0.15, -0.1) is 0 Å². The molecule has 14 nitrogen and oxygen atoms in total. The maximum absolute atomic E-state index is 13.6. The largest absolute Gasteiger partial charge is 0.445 e. The van der Waals surface area contributed by atoms with Crippen LogP contribution in [0.2, 0.25) is 0 Å². The van der Waals surface area contributed by atoms with Crippen LogP contribution in [0.3, 0.4) is 0 Å². The molecule has 10 fully saturated rings. The quantitative estimate of drug-likeness (QED) is 0.0861. The number of benzene rings is 2. The summed E-state index contributed by atoms with van der Waals surface area (Å²) >= 11 is 0. The second-order valence-electron chi connectivity index (χ2n) is 30.6. The van der Waals surface area contributed by atoms with Crippen molar-refractivity contribution in [2.45, 2.75) is 232 Å². The first kappa shape index (κ1) is 60.5. The Morgan fingerprint density at radius 3 is 1.53 bits per heavy atom. The fraction of sp³-hybridized carbons (Fsp3) is 0.746. The van der Waals surface area contributed by atoms with Gasteiger partial charge in [0, 0.05) is 35.9 Å². The number of fused-ring (bicyclic) bond motifs is 12. The number of hydrogen-bond acceptors (Lipinski definition) is 10. The van der Waals surface area contributed by atoms with Gasteiger partial charge in [0.2, 0.25) is 0 Å². The molecule has 12 aliphatic rings. The monoisotopic (exact) mass is 1200 g/mol. The number of nitrogens with zero attached hydrogens (tertiary/aromatic N) is 5. The average Bonchev–Trinajstić information content (AvgIpc) is 1.81. The van der Waals surface area contributed by atoms with E-state index in [1.165, 1.54) is 62.3 Å². The molecule has 14 rings (SSSR count). The lowest BCUT2D eigenvalue weighted by Gasteiger charge is -2.54. The number of carbonyl (C=O) groups excluding carboxylic acids is 2. The first-order valence-corrected chi connectivity index (χ1v) is 35.6. The summed E-state index contributed by atoms with van der Waals surface area (Å²) in [4.78, 5) is 34.3. The van der Waals surface area contributed by atoms with E-state index in [1.54, 1.807) is 11.1 Å². The normalized spacial score (nSPS) is 43.7. The lowest BCUT2D eigenvalue weighted by atomic mass is 9.52. The molecule has 0 radical (unpaired) electrons. The van der Waals surface area contributed by atoms with Crippen molar-refractivity contribution in [2.24, 2.45) is 87.0 Å². The fourth-order valence-corrected chi connectivity index (χ4v) is 23.0. The number of piperidine rings is 2. The van der Waals surface area contributed by atoms with E-state index in [-0.39, 0.29) is 83.7 Å². The third-order valence-corrected chi connectivity index (χ3v) is 27.1. The predicted octanol–water partition coefficient (Wildman–Crippen LogP) is 15.6. The van der Waals surface area contributed by atoms with Gasteiger partial charge in [-0.25, -0.2) is 9.59 Å². The van der Waals surface area contributed by atoms with Crippen molar-refractivity contribution in [1.29, 1.82) is 0 Å². The van der Waals surface area contributed by atoms with Crippen LogP contribution in [0, 0.1) is 81.8 Å². The minimum absolute atomic E-state index is 0.0253. The Morgan fingerprint density at radius 1 is 0.628 bits per heavy atom. The van der Waals surface area contributed by atoms with Crippen LogP contribution in [0.25, 0.3) is 10.4 Å². The van der Waals surface area contributed by atoms with Gasteiger partial charge in [-0.05, 0) is 227 Å². The summed E-state index contributed by atoms with van der Waals surface area (Å²) in [5.74, 6) is 6.49. The number of hydrogen-bond donors (Lipinski definition) is 0. The highest BCUT2D eigenvalue weighted by atomic mass is 32.2. The van der Waals surface area contributed by atoms with Crippen LogP contribution in [-0.4, -0.2) is 97.4 Å². The zero-order chi connectivity index (χ0) is 60.2. The van der Waals surface area contributed by atoms with E-state index in [9.17, 15) is 18.0 Å². The third kappa shape index (κ3) is 10.4. The van der Waals surface area contributed by atoms with Crippen molar-refractivity contribution < 1.29 is 41.1 Å². The van der Waals surface area contributed by atoms with Gasteiger partial charge in [0.05, 0.1) is 47.9 Å². The van der Waals surface area contributed by atoms with E-state index in [0.29, 0.717) is 65.9 Å². The summed E-state index contributed by atoms with van der Waals surface area (Å²) in [6.45, 7) is 21.0. The smallest absolute Gasteiger partial charge is 0.410 e. The second kappa shape index (κ2) is 23.1. The number of azide groups is 1. The Bertz CT molecular complexity index is 3120. The molecule has 0 aromatic heterocycles. The molecule has 15 heteroatoms. The van der Waals surface area contributed by atoms with Crippen LogP contribution in [0.15, 0.2) is 88.1 Å². The van der Waals surface area contributed by atoms with Gasteiger partial charge in [0.15, 0.2) is 0 Å². The first-order chi connectivity index (χ1) is 41.1. The minimum Gasteiger partial charge on any atom is -0.445 e. The molecule has 3 unspecified atom stereocenters. The Labute approximate surface area is 513 Å². The molecule has 4 heterocycles. The van der Waals surface area contributed by atoms with E-state index in [4.69, 9.17) is 28.7 Å². The maximum Gasteiger partial charge on any atom is 0.410 e. The second-order valence-corrected chi connectivity index (χ2v) is 32.2. The van der Waals surface area contributed by atoms with Crippen molar-refractivity contribution >= 4 is 22.3 Å². The summed E-state index contributed by atoms with van der Waals surface area (Å²) in [7, 11) is -3.43. The predicted molar refractivity (Wildman–Crippen MR) is 331 cm³/mol. The molecule has 2 aromatic rings. The standard InChI is InChI=1S/C36H51NO6S.C35H48N4O3/c1-22-17-32-33(37(20-22)34(38)41-21-25-9-7-6-8-10-25)24(3)36(42-32)16-14-28-29-12-11-26-18-27(43-44(5,39)40)13-15-35(26,4)31(29)19-30(28)23(36)2;1-21-16-31-32(39(19-21)33(40)41-20-24-8-6-5-7-9-24)23(3)35(42-31)15-13-27-28-11-10-25-17-26(37-38-36)12-14-34(25,4)30(28)18-29(27)22(35)2/h6-10,22,24,26-29,31-33H,11-21H2,1-5H3;5-9,21,23,25-28,30-32H,10-20H2,1-4H3/t22-,24+,26+,27-,28-,29?,31-,32+,33-,35-,36-;21-,23+,25+,26?,27-,28?,30-,31+,32-,34-,35-/m00/s1. The van der Waals surface area contributed by atoms with Crippen LogP contribution >= 0.6 is 0 Å². The molecule has 2 spiro atoms. The van der Waals surface area contributed by atoms with E-state index < -0.39 is 10.1 Å². The summed E-state index contributed by atoms with van der Waals surface area (Å²) < 4.78 is 55.4. The number of carbonyl (C=O) groups is 2. The third-order valence-electron chi connectivity index (χ3n) is 26.5. The lowest BCUT2D eigenvalue weighted by molar-refractivity contribution is -0.0709. The summed E-state index contributed by atoms with van der Waals surface area (Å²) in [5, 5.41) is 4.14. The van der Waals surface area contributed by atoms with Crippen LogP contribution in [-0.2, 0) is 46.5 Å². The van der Waals surface area contributed by atoms with Crippen LogP contribution in [0.5, 0.6) is 0 Å². The molecule has 468 valence electrons. The molecular weight excluding hydrogens is 1100 g/mol. The topological polar surface area (TPSA) is 170 Å².